The molecule has 3 nitrogen and oxygen atoms in total. The molecule has 0 saturated heterocycles. The topological polar surface area (TPSA) is 29.0 Å². The first-order chi connectivity index (χ1) is 29.3. The highest BCUT2D eigenvalue weighted by atomic mass is 15.1. The zero-order chi connectivity index (χ0) is 39.1. The number of pyridine rings is 2. The molecule has 11 rings (SSSR count). The quantitative estimate of drug-likeness (QED) is 0.152. The highest BCUT2D eigenvalue weighted by molar-refractivity contribution is 6.23. The van der Waals surface area contributed by atoms with E-state index in [2.05, 4.69) is 203 Å². The molecule has 2 heterocycles. The normalized spacial score (nSPS) is 11.4. The number of hydrogen-bond donors (Lipinski definition) is 0. The maximum atomic E-state index is 4.34. The number of aromatic nitrogens is 2. The van der Waals surface area contributed by atoms with Gasteiger partial charge in [-0.1, -0.05) is 146 Å². The molecule has 0 aliphatic heterocycles. The lowest BCUT2D eigenvalue weighted by molar-refractivity contribution is 1.28. The number of hydrogen-bond acceptors (Lipinski definition) is 3. The largest absolute Gasteiger partial charge is 0.310 e. The third kappa shape index (κ3) is 6.17. The Balaban J connectivity index is 0.972. The summed E-state index contributed by atoms with van der Waals surface area (Å²) in [7, 11) is 0. The van der Waals surface area contributed by atoms with E-state index in [-0.39, 0.29) is 0 Å². The van der Waals surface area contributed by atoms with Crippen LogP contribution in [-0.2, 0) is 0 Å². The molecule has 0 atom stereocenters. The first-order valence-corrected chi connectivity index (χ1v) is 20.0. The predicted octanol–water partition coefficient (Wildman–Crippen LogP) is 15.2. The SMILES string of the molecule is c1ccc2c(-c3c4ccccc4c(-c4ccc(-c5ccc(N(c6ccc(-c7ccncc7)cc6)c6ccc7cnccc7c6)cc5)cc4)c4ccccc34)cccc2c1. The van der Waals surface area contributed by atoms with Gasteiger partial charge in [-0.25, -0.2) is 0 Å². The molecule has 0 unspecified atom stereocenters. The Kier molecular flexibility index (Phi) is 8.49. The lowest BCUT2D eigenvalue weighted by atomic mass is 9.84. The number of rotatable bonds is 7. The first-order valence-electron chi connectivity index (χ1n) is 20.0. The molecule has 0 aliphatic rings. The minimum atomic E-state index is 1.08. The van der Waals surface area contributed by atoms with Crippen LogP contribution >= 0.6 is 0 Å². The molecule has 0 aliphatic carbocycles. The van der Waals surface area contributed by atoms with Gasteiger partial charge in [-0.2, -0.15) is 0 Å². The van der Waals surface area contributed by atoms with Crippen molar-refractivity contribution >= 4 is 60.2 Å². The summed E-state index contributed by atoms with van der Waals surface area (Å²) in [4.78, 5) is 10.9. The molecule has 0 spiro atoms. The van der Waals surface area contributed by atoms with Gasteiger partial charge < -0.3 is 4.90 Å². The number of anilines is 3. The fourth-order valence-corrected chi connectivity index (χ4v) is 8.81. The average molecular weight is 752 g/mol. The minimum Gasteiger partial charge on any atom is -0.310 e. The van der Waals surface area contributed by atoms with Gasteiger partial charge >= 0.3 is 0 Å². The van der Waals surface area contributed by atoms with E-state index in [0.29, 0.717) is 0 Å². The molecular weight excluding hydrogens is 715 g/mol. The standard InChI is InChI=1S/C56H37N3/c1-2-10-49-42(8-1)9-7-15-50(49)56-53-13-5-3-11-51(53)55(52-12-4-6-14-54(52)56)43-18-16-38(17-19-43)39-20-25-46(26-21-39)59(48-29-24-45-37-58-35-32-44(45)36-48)47-27-22-40(23-28-47)41-30-33-57-34-31-41/h1-37H. The second-order valence-corrected chi connectivity index (χ2v) is 15.0. The maximum Gasteiger partial charge on any atom is 0.0468 e. The number of fused-ring (bicyclic) bond motifs is 4. The molecular formula is C56H37N3. The molecule has 59 heavy (non-hydrogen) atoms. The van der Waals surface area contributed by atoms with Gasteiger partial charge in [0.05, 0.1) is 0 Å². The molecule has 9 aromatic carbocycles. The van der Waals surface area contributed by atoms with Gasteiger partial charge in [0.15, 0.2) is 0 Å². The summed E-state index contributed by atoms with van der Waals surface area (Å²) in [5, 5.41) is 9.82. The third-order valence-electron chi connectivity index (χ3n) is 11.6. The van der Waals surface area contributed by atoms with E-state index >= 15 is 0 Å². The zero-order valence-electron chi connectivity index (χ0n) is 32.2. The Morgan fingerprint density at radius 1 is 0.288 bits per heavy atom. The number of nitrogens with zero attached hydrogens (tertiary/aromatic N) is 3. The van der Waals surface area contributed by atoms with Crippen LogP contribution in [0.1, 0.15) is 0 Å². The second kappa shape index (κ2) is 14.6. The van der Waals surface area contributed by atoms with Crippen LogP contribution in [0.25, 0.3) is 87.6 Å². The van der Waals surface area contributed by atoms with Gasteiger partial charge in [0.2, 0.25) is 0 Å². The smallest absolute Gasteiger partial charge is 0.0468 e. The summed E-state index contributed by atoms with van der Waals surface area (Å²) >= 11 is 0. The second-order valence-electron chi connectivity index (χ2n) is 15.0. The third-order valence-corrected chi connectivity index (χ3v) is 11.6. The zero-order valence-corrected chi connectivity index (χ0v) is 32.2. The average Bonchev–Trinajstić information content (AvgIpc) is 3.31. The molecule has 0 N–H and O–H groups in total. The Hall–Kier alpha value is -7.88. The van der Waals surface area contributed by atoms with Gasteiger partial charge in [-0.3, -0.25) is 9.97 Å². The fraction of sp³-hybridized carbons (Fsp3) is 0. The summed E-state index contributed by atoms with van der Waals surface area (Å²) in [6.07, 6.45) is 7.44. The minimum absolute atomic E-state index is 1.08. The molecule has 3 heteroatoms. The van der Waals surface area contributed by atoms with Crippen molar-refractivity contribution in [3.8, 4) is 44.5 Å². The summed E-state index contributed by atoms with van der Waals surface area (Å²) in [5.41, 5.74) is 12.9. The molecule has 276 valence electrons. The van der Waals surface area contributed by atoms with Crippen LogP contribution < -0.4 is 4.90 Å². The van der Waals surface area contributed by atoms with E-state index in [0.717, 1.165) is 39.0 Å². The highest BCUT2D eigenvalue weighted by Gasteiger charge is 2.18. The van der Waals surface area contributed by atoms with Crippen molar-refractivity contribution in [3.05, 3.63) is 225 Å². The van der Waals surface area contributed by atoms with Crippen LogP contribution in [0, 0.1) is 0 Å². The van der Waals surface area contributed by atoms with Crippen LogP contribution in [0.15, 0.2) is 225 Å². The van der Waals surface area contributed by atoms with Gasteiger partial charge in [0, 0.05) is 47.2 Å². The van der Waals surface area contributed by atoms with Crippen molar-refractivity contribution in [1.82, 2.24) is 9.97 Å². The van der Waals surface area contributed by atoms with Crippen molar-refractivity contribution in [2.75, 3.05) is 4.90 Å². The highest BCUT2D eigenvalue weighted by Crippen LogP contribution is 2.46. The summed E-state index contributed by atoms with van der Waals surface area (Å²) in [5.74, 6) is 0. The Bertz CT molecular complexity index is 3240. The molecule has 0 bridgehead atoms. The molecule has 0 saturated carbocycles. The van der Waals surface area contributed by atoms with Crippen molar-refractivity contribution in [2.45, 2.75) is 0 Å². The molecule has 2 aromatic heterocycles. The summed E-state index contributed by atoms with van der Waals surface area (Å²) in [6, 6.07) is 72.7. The molecule has 0 fully saturated rings. The van der Waals surface area contributed by atoms with E-state index < -0.39 is 0 Å². The van der Waals surface area contributed by atoms with E-state index in [1.54, 1.807) is 0 Å². The monoisotopic (exact) mass is 751 g/mol. The maximum absolute atomic E-state index is 4.34. The first kappa shape index (κ1) is 34.4. The van der Waals surface area contributed by atoms with Crippen LogP contribution in [-0.4, -0.2) is 9.97 Å². The Labute approximate surface area is 343 Å². The van der Waals surface area contributed by atoms with Crippen LogP contribution in [0.3, 0.4) is 0 Å². The summed E-state index contributed by atoms with van der Waals surface area (Å²) < 4.78 is 0. The van der Waals surface area contributed by atoms with Gasteiger partial charge in [-0.05, 0) is 137 Å². The van der Waals surface area contributed by atoms with Crippen LogP contribution in [0.5, 0.6) is 0 Å². The van der Waals surface area contributed by atoms with Crippen LogP contribution in [0.4, 0.5) is 17.1 Å². The van der Waals surface area contributed by atoms with Crippen molar-refractivity contribution in [3.63, 3.8) is 0 Å². The molecule has 11 aromatic rings. The van der Waals surface area contributed by atoms with E-state index in [1.165, 1.54) is 65.7 Å². The van der Waals surface area contributed by atoms with E-state index in [1.807, 2.05) is 36.9 Å². The summed E-state index contributed by atoms with van der Waals surface area (Å²) in [6.45, 7) is 0. The van der Waals surface area contributed by atoms with Crippen molar-refractivity contribution < 1.29 is 0 Å². The van der Waals surface area contributed by atoms with E-state index in [9.17, 15) is 0 Å². The number of benzene rings is 9. The van der Waals surface area contributed by atoms with Gasteiger partial charge in [-0.15, -0.1) is 0 Å². The van der Waals surface area contributed by atoms with Crippen LogP contribution in [0.2, 0.25) is 0 Å². The Morgan fingerprint density at radius 3 is 1.39 bits per heavy atom. The van der Waals surface area contributed by atoms with Crippen molar-refractivity contribution in [1.29, 1.82) is 0 Å². The molecule has 0 radical (unpaired) electrons. The molecule has 0 amide bonds. The lowest BCUT2D eigenvalue weighted by Gasteiger charge is -2.26. The van der Waals surface area contributed by atoms with E-state index in [4.69, 9.17) is 0 Å². The fourth-order valence-electron chi connectivity index (χ4n) is 8.81. The lowest BCUT2D eigenvalue weighted by Crippen LogP contribution is -2.09. The predicted molar refractivity (Wildman–Crippen MR) is 248 cm³/mol. The Morgan fingerprint density at radius 2 is 0.763 bits per heavy atom. The van der Waals surface area contributed by atoms with Gasteiger partial charge in [0.1, 0.15) is 0 Å². The van der Waals surface area contributed by atoms with Gasteiger partial charge in [0.25, 0.3) is 0 Å². The van der Waals surface area contributed by atoms with Crippen molar-refractivity contribution in [2.24, 2.45) is 0 Å².